The van der Waals surface area contributed by atoms with Crippen molar-refractivity contribution in [2.75, 3.05) is 0 Å². The van der Waals surface area contributed by atoms with Crippen LogP contribution in [0, 0.1) is 29.4 Å². The van der Waals surface area contributed by atoms with Gasteiger partial charge in [0.05, 0.1) is 0 Å². The zero-order valence-corrected chi connectivity index (χ0v) is 17.2. The number of halogens is 4. The first-order valence-electron chi connectivity index (χ1n) is 11.0. The molecule has 0 aromatic heterocycles. The monoisotopic (exact) mass is 420 g/mol. The molecule has 30 heavy (non-hydrogen) atoms. The second kappa shape index (κ2) is 8.99. The van der Waals surface area contributed by atoms with E-state index in [4.69, 9.17) is 0 Å². The fourth-order valence-corrected chi connectivity index (χ4v) is 5.54. The summed E-state index contributed by atoms with van der Waals surface area (Å²) in [4.78, 5) is 0. The lowest BCUT2D eigenvalue weighted by Gasteiger charge is -2.42. The Morgan fingerprint density at radius 3 is 2.13 bits per heavy atom. The zero-order chi connectivity index (χ0) is 21.3. The van der Waals surface area contributed by atoms with Crippen LogP contribution in [0.15, 0.2) is 36.4 Å². The summed E-state index contributed by atoms with van der Waals surface area (Å²) >= 11 is 0. The van der Waals surface area contributed by atoms with Gasteiger partial charge in [-0.25, -0.2) is 8.78 Å². The highest BCUT2D eigenvalue weighted by Crippen LogP contribution is 2.48. The van der Waals surface area contributed by atoms with Crippen molar-refractivity contribution in [3.8, 4) is 16.9 Å². The number of hydrogen-bond donors (Lipinski definition) is 0. The molecule has 0 heterocycles. The number of hydrogen-bond acceptors (Lipinski definition) is 1. The summed E-state index contributed by atoms with van der Waals surface area (Å²) in [6.07, 6.45) is 9.08. The zero-order valence-electron chi connectivity index (χ0n) is 17.2. The molecular formula is C25H28F4O. The minimum atomic E-state index is -3.27. The molecule has 0 amide bonds. The summed E-state index contributed by atoms with van der Waals surface area (Å²) in [7, 11) is 0. The van der Waals surface area contributed by atoms with Crippen LogP contribution in [0.3, 0.4) is 0 Å². The molecule has 4 unspecified atom stereocenters. The third-order valence-electron chi connectivity index (χ3n) is 7.22. The van der Waals surface area contributed by atoms with Crippen LogP contribution in [0.2, 0.25) is 0 Å². The van der Waals surface area contributed by atoms with Crippen LogP contribution in [0.4, 0.5) is 17.6 Å². The van der Waals surface area contributed by atoms with Crippen molar-refractivity contribution in [2.24, 2.45) is 17.8 Å². The predicted molar refractivity (Wildman–Crippen MR) is 110 cm³/mol. The molecule has 0 aliphatic heterocycles. The Kier molecular flexibility index (Phi) is 6.35. The SMILES string of the molecule is CCC1CCC2CC(c3ccc(-c4cc(F)c(OC(F)F)c(F)c4)cc3)CCC2C1. The Labute approximate surface area is 175 Å². The van der Waals surface area contributed by atoms with Crippen LogP contribution in [0.25, 0.3) is 11.1 Å². The van der Waals surface area contributed by atoms with E-state index in [1.165, 1.54) is 50.5 Å². The molecule has 5 heteroatoms. The summed E-state index contributed by atoms with van der Waals surface area (Å²) < 4.78 is 56.6. The molecule has 4 atom stereocenters. The van der Waals surface area contributed by atoms with Gasteiger partial charge in [-0.1, -0.05) is 44.0 Å². The normalized spacial score (nSPS) is 26.5. The van der Waals surface area contributed by atoms with Crippen molar-refractivity contribution in [1.29, 1.82) is 0 Å². The van der Waals surface area contributed by atoms with Crippen LogP contribution in [0.1, 0.15) is 63.4 Å². The largest absolute Gasteiger partial charge is 0.429 e. The van der Waals surface area contributed by atoms with Gasteiger partial charge in [-0.2, -0.15) is 8.78 Å². The minimum absolute atomic E-state index is 0.305. The number of rotatable bonds is 5. The van der Waals surface area contributed by atoms with Gasteiger partial charge in [-0.3, -0.25) is 0 Å². The van der Waals surface area contributed by atoms with Gasteiger partial charge in [-0.05, 0) is 84.6 Å². The molecule has 0 spiro atoms. The fraction of sp³-hybridized carbons (Fsp3) is 0.520. The first-order valence-corrected chi connectivity index (χ1v) is 11.0. The molecule has 2 aromatic carbocycles. The molecule has 1 nitrogen and oxygen atoms in total. The van der Waals surface area contributed by atoms with Crippen molar-refractivity contribution < 1.29 is 22.3 Å². The first kappa shape index (κ1) is 21.2. The molecule has 2 fully saturated rings. The molecule has 2 aromatic rings. The first-order chi connectivity index (χ1) is 14.4. The van der Waals surface area contributed by atoms with E-state index in [1.807, 2.05) is 24.3 Å². The molecular weight excluding hydrogens is 392 g/mol. The lowest BCUT2D eigenvalue weighted by atomic mass is 9.63. The number of alkyl halides is 2. The molecule has 0 saturated heterocycles. The molecule has 2 aliphatic carbocycles. The van der Waals surface area contributed by atoms with Gasteiger partial charge < -0.3 is 4.74 Å². The lowest BCUT2D eigenvalue weighted by molar-refractivity contribution is -0.0546. The highest BCUT2D eigenvalue weighted by Gasteiger charge is 2.35. The maximum absolute atomic E-state index is 14.0. The van der Waals surface area contributed by atoms with E-state index >= 15 is 0 Å². The number of fused-ring (bicyclic) bond motifs is 1. The van der Waals surface area contributed by atoms with Gasteiger partial charge in [-0.15, -0.1) is 0 Å². The maximum atomic E-state index is 14.0. The Balaban J connectivity index is 1.46. The van der Waals surface area contributed by atoms with Gasteiger partial charge in [0, 0.05) is 0 Å². The second-order valence-corrected chi connectivity index (χ2v) is 8.89. The number of ether oxygens (including phenoxy) is 1. The van der Waals surface area contributed by atoms with Crippen LogP contribution < -0.4 is 4.74 Å². The third-order valence-corrected chi connectivity index (χ3v) is 7.22. The van der Waals surface area contributed by atoms with E-state index in [9.17, 15) is 17.6 Å². The molecule has 2 aliphatic rings. The average Bonchev–Trinajstić information content (AvgIpc) is 2.75. The Morgan fingerprint density at radius 1 is 0.867 bits per heavy atom. The van der Waals surface area contributed by atoms with Crippen molar-refractivity contribution in [1.82, 2.24) is 0 Å². The van der Waals surface area contributed by atoms with E-state index in [0.717, 1.165) is 29.9 Å². The molecule has 0 bridgehead atoms. The minimum Gasteiger partial charge on any atom is -0.429 e. The summed E-state index contributed by atoms with van der Waals surface area (Å²) in [6.45, 7) is -0.971. The van der Waals surface area contributed by atoms with Crippen molar-refractivity contribution in [2.45, 2.75) is 64.4 Å². The molecule has 0 radical (unpaired) electrons. The Bertz CT molecular complexity index is 841. The van der Waals surface area contributed by atoms with Crippen LogP contribution >= 0.6 is 0 Å². The van der Waals surface area contributed by atoms with Gasteiger partial charge in [0.2, 0.25) is 0 Å². The van der Waals surface area contributed by atoms with Crippen LogP contribution in [0.5, 0.6) is 5.75 Å². The van der Waals surface area contributed by atoms with E-state index in [-0.39, 0.29) is 0 Å². The van der Waals surface area contributed by atoms with Gasteiger partial charge in [0.25, 0.3) is 0 Å². The lowest BCUT2D eigenvalue weighted by Crippen LogP contribution is -2.30. The molecule has 2 saturated carbocycles. The van der Waals surface area contributed by atoms with Crippen molar-refractivity contribution in [3.05, 3.63) is 53.6 Å². The quantitative estimate of drug-likeness (QED) is 0.446. The Morgan fingerprint density at radius 2 is 1.50 bits per heavy atom. The fourth-order valence-electron chi connectivity index (χ4n) is 5.54. The highest BCUT2D eigenvalue weighted by molar-refractivity contribution is 5.65. The van der Waals surface area contributed by atoms with Gasteiger partial charge >= 0.3 is 6.61 Å². The van der Waals surface area contributed by atoms with Crippen molar-refractivity contribution >= 4 is 0 Å². The average molecular weight is 420 g/mol. The summed E-state index contributed by atoms with van der Waals surface area (Å²) in [6, 6.07) is 9.86. The third kappa shape index (κ3) is 4.50. The Hall–Kier alpha value is -2.04. The topological polar surface area (TPSA) is 9.23 Å². The van der Waals surface area contributed by atoms with Gasteiger partial charge in [0.1, 0.15) is 0 Å². The highest BCUT2D eigenvalue weighted by atomic mass is 19.3. The van der Waals surface area contributed by atoms with Gasteiger partial charge in [0.15, 0.2) is 17.4 Å². The van der Waals surface area contributed by atoms with Crippen LogP contribution in [-0.4, -0.2) is 6.61 Å². The molecule has 162 valence electrons. The smallest absolute Gasteiger partial charge is 0.387 e. The standard InChI is InChI=1S/C25H28F4O/c1-2-15-3-4-20-12-19(10-9-18(20)11-15)16-5-7-17(8-6-16)21-13-22(26)24(23(27)14-21)30-25(28)29/h5-8,13-15,18-20,25H,2-4,9-12H2,1H3. The second-order valence-electron chi connectivity index (χ2n) is 8.89. The van der Waals surface area contributed by atoms with E-state index in [2.05, 4.69) is 11.7 Å². The van der Waals surface area contributed by atoms with E-state index in [0.29, 0.717) is 17.0 Å². The van der Waals surface area contributed by atoms with Crippen molar-refractivity contribution in [3.63, 3.8) is 0 Å². The molecule has 4 rings (SSSR count). The van der Waals surface area contributed by atoms with E-state index in [1.54, 1.807) is 0 Å². The maximum Gasteiger partial charge on any atom is 0.387 e. The summed E-state index contributed by atoms with van der Waals surface area (Å²) in [5.74, 6) is -0.171. The summed E-state index contributed by atoms with van der Waals surface area (Å²) in [5, 5.41) is 0. The van der Waals surface area contributed by atoms with E-state index < -0.39 is 24.0 Å². The summed E-state index contributed by atoms with van der Waals surface area (Å²) in [5.41, 5.74) is 2.23. The molecule has 0 N–H and O–H groups in total. The predicted octanol–water partition coefficient (Wildman–Crippen LogP) is 7.94. The van der Waals surface area contributed by atoms with Crippen LogP contribution in [-0.2, 0) is 0 Å². The number of benzene rings is 2.